The van der Waals surface area contributed by atoms with E-state index in [0.29, 0.717) is 38.3 Å². The minimum atomic E-state index is -0.426. The van der Waals surface area contributed by atoms with Gasteiger partial charge in [-0.1, -0.05) is 41.4 Å². The molecule has 30 heavy (non-hydrogen) atoms. The lowest BCUT2D eigenvalue weighted by molar-refractivity contribution is -0.384. The van der Waals surface area contributed by atoms with E-state index in [9.17, 15) is 10.1 Å². The number of non-ortho nitro benzene ring substituents is 1. The van der Waals surface area contributed by atoms with Crippen LogP contribution in [0.15, 0.2) is 76.1 Å². The number of allylic oxidation sites excluding steroid dienone is 1. The third-order valence-electron chi connectivity index (χ3n) is 4.22. The summed E-state index contributed by atoms with van der Waals surface area (Å²) in [6.45, 7) is 0. The number of hydrogen-bond acceptors (Lipinski definition) is 5. The molecule has 148 valence electrons. The lowest BCUT2D eigenvalue weighted by Gasteiger charge is -1.97. The average molecular weight is 438 g/mol. The van der Waals surface area contributed by atoms with E-state index in [-0.39, 0.29) is 5.69 Å². The van der Waals surface area contributed by atoms with Crippen LogP contribution in [-0.2, 0) is 0 Å². The van der Waals surface area contributed by atoms with Crippen molar-refractivity contribution in [2.24, 2.45) is 4.99 Å². The first-order valence-corrected chi connectivity index (χ1v) is 9.56. The summed E-state index contributed by atoms with van der Waals surface area (Å²) in [4.78, 5) is 19.3. The number of benzene rings is 3. The Bertz CT molecular complexity index is 1310. The molecular weight excluding hydrogens is 425 g/mol. The number of halogens is 2. The highest BCUT2D eigenvalue weighted by atomic mass is 35.5. The highest BCUT2D eigenvalue weighted by Crippen LogP contribution is 2.31. The number of fused-ring (bicyclic) bond motifs is 1. The van der Waals surface area contributed by atoms with E-state index in [0.717, 1.165) is 5.56 Å². The van der Waals surface area contributed by atoms with Crippen LogP contribution >= 0.6 is 23.2 Å². The van der Waals surface area contributed by atoms with Crippen molar-refractivity contribution < 1.29 is 9.34 Å². The SMILES string of the molecule is O=[N+]([O-])c1cccc(C=CC=Nc2ccc3oc(-c4ccc(Cl)c(Cl)c4)nc3c2)c1. The molecule has 3 aromatic carbocycles. The summed E-state index contributed by atoms with van der Waals surface area (Å²) in [6.07, 6.45) is 5.07. The van der Waals surface area contributed by atoms with E-state index in [1.54, 1.807) is 60.8 Å². The van der Waals surface area contributed by atoms with Crippen LogP contribution < -0.4 is 0 Å². The second kappa shape index (κ2) is 8.49. The fraction of sp³-hybridized carbons (Fsp3) is 0. The minimum Gasteiger partial charge on any atom is -0.436 e. The Hall–Kier alpha value is -3.48. The van der Waals surface area contributed by atoms with Gasteiger partial charge >= 0.3 is 0 Å². The molecule has 0 radical (unpaired) electrons. The molecule has 0 spiro atoms. The summed E-state index contributed by atoms with van der Waals surface area (Å²) in [5.41, 5.74) is 3.47. The molecule has 1 aromatic heterocycles. The van der Waals surface area contributed by atoms with Crippen LogP contribution in [0.3, 0.4) is 0 Å². The number of aliphatic imine (C=N–C) groups is 1. The van der Waals surface area contributed by atoms with Gasteiger partial charge in [0, 0.05) is 23.9 Å². The molecule has 8 heteroatoms. The smallest absolute Gasteiger partial charge is 0.270 e. The molecular formula is C22H13Cl2N3O3. The van der Waals surface area contributed by atoms with Gasteiger partial charge in [0.1, 0.15) is 5.52 Å². The first kappa shape index (κ1) is 19.8. The zero-order chi connectivity index (χ0) is 21.1. The van der Waals surface area contributed by atoms with Crippen molar-refractivity contribution in [3.8, 4) is 11.5 Å². The molecule has 0 aliphatic heterocycles. The molecule has 0 unspecified atom stereocenters. The standard InChI is InChI=1S/C22H13Cl2N3O3/c23-18-8-6-15(12-19(18)24)22-26-20-13-16(7-9-21(20)30-22)25-10-2-4-14-3-1-5-17(11-14)27(28)29/h1-13H. The topological polar surface area (TPSA) is 81.5 Å². The van der Waals surface area contributed by atoms with Gasteiger partial charge in [-0.25, -0.2) is 4.98 Å². The molecule has 6 nitrogen and oxygen atoms in total. The minimum absolute atomic E-state index is 0.0448. The normalized spacial score (nSPS) is 11.7. The van der Waals surface area contributed by atoms with Crippen molar-refractivity contribution in [1.82, 2.24) is 4.98 Å². The quantitative estimate of drug-likeness (QED) is 0.189. The molecule has 4 aromatic rings. The number of nitrogens with zero attached hydrogens (tertiary/aromatic N) is 3. The van der Waals surface area contributed by atoms with E-state index in [1.807, 2.05) is 6.07 Å². The molecule has 0 bridgehead atoms. The predicted octanol–water partition coefficient (Wildman–Crippen LogP) is 7.13. The van der Waals surface area contributed by atoms with Gasteiger partial charge in [-0.05, 0) is 48.0 Å². The summed E-state index contributed by atoms with van der Waals surface area (Å²) in [6, 6.07) is 17.0. The van der Waals surface area contributed by atoms with Gasteiger partial charge in [0.15, 0.2) is 5.58 Å². The van der Waals surface area contributed by atoms with Gasteiger partial charge in [-0.15, -0.1) is 0 Å². The molecule has 0 saturated heterocycles. The largest absolute Gasteiger partial charge is 0.436 e. The molecule has 0 aliphatic rings. The Kier molecular flexibility index (Phi) is 5.61. The summed E-state index contributed by atoms with van der Waals surface area (Å²) in [5.74, 6) is 0.440. The summed E-state index contributed by atoms with van der Waals surface area (Å²) >= 11 is 12.0. The van der Waals surface area contributed by atoms with E-state index < -0.39 is 4.92 Å². The summed E-state index contributed by atoms with van der Waals surface area (Å²) in [7, 11) is 0. The third-order valence-corrected chi connectivity index (χ3v) is 4.96. The van der Waals surface area contributed by atoms with Crippen molar-refractivity contribution in [1.29, 1.82) is 0 Å². The molecule has 1 heterocycles. The van der Waals surface area contributed by atoms with Gasteiger partial charge in [0.25, 0.3) is 5.69 Å². The van der Waals surface area contributed by atoms with Crippen LogP contribution in [0, 0.1) is 10.1 Å². The van der Waals surface area contributed by atoms with Crippen molar-refractivity contribution in [2.45, 2.75) is 0 Å². The number of aromatic nitrogens is 1. The van der Waals surface area contributed by atoms with Gasteiger partial charge in [-0.3, -0.25) is 15.1 Å². The number of nitro groups is 1. The van der Waals surface area contributed by atoms with Crippen molar-refractivity contribution in [3.63, 3.8) is 0 Å². The van der Waals surface area contributed by atoms with Crippen LogP contribution in [-0.4, -0.2) is 16.1 Å². The van der Waals surface area contributed by atoms with E-state index in [1.165, 1.54) is 12.1 Å². The second-order valence-corrected chi connectivity index (χ2v) is 7.10. The monoisotopic (exact) mass is 437 g/mol. The Morgan fingerprint density at radius 3 is 2.70 bits per heavy atom. The Labute approximate surface area is 181 Å². The first-order chi connectivity index (χ1) is 14.5. The van der Waals surface area contributed by atoms with Crippen molar-refractivity contribution in [3.05, 3.63) is 92.5 Å². The van der Waals surface area contributed by atoms with Crippen LogP contribution in [0.1, 0.15) is 5.56 Å². The highest BCUT2D eigenvalue weighted by molar-refractivity contribution is 6.42. The van der Waals surface area contributed by atoms with Crippen LogP contribution in [0.2, 0.25) is 10.0 Å². The molecule has 0 saturated carbocycles. The zero-order valence-corrected chi connectivity index (χ0v) is 16.8. The molecule has 0 aliphatic carbocycles. The number of nitro benzene ring substituents is 1. The maximum absolute atomic E-state index is 10.8. The molecule has 0 amide bonds. The maximum atomic E-state index is 10.8. The second-order valence-electron chi connectivity index (χ2n) is 6.29. The fourth-order valence-corrected chi connectivity index (χ4v) is 3.07. The van der Waals surface area contributed by atoms with E-state index in [4.69, 9.17) is 27.6 Å². The van der Waals surface area contributed by atoms with Crippen molar-refractivity contribution >= 4 is 58.0 Å². The molecule has 0 fully saturated rings. The zero-order valence-electron chi connectivity index (χ0n) is 15.3. The third kappa shape index (κ3) is 4.40. The van der Waals surface area contributed by atoms with Gasteiger partial charge in [-0.2, -0.15) is 0 Å². The van der Waals surface area contributed by atoms with Gasteiger partial charge < -0.3 is 4.42 Å². The van der Waals surface area contributed by atoms with Crippen molar-refractivity contribution in [2.75, 3.05) is 0 Å². The molecule has 0 atom stereocenters. The lowest BCUT2D eigenvalue weighted by atomic mass is 10.2. The predicted molar refractivity (Wildman–Crippen MR) is 120 cm³/mol. The fourth-order valence-electron chi connectivity index (χ4n) is 2.77. The Morgan fingerprint density at radius 2 is 1.90 bits per heavy atom. The first-order valence-electron chi connectivity index (χ1n) is 8.81. The Morgan fingerprint density at radius 1 is 1.03 bits per heavy atom. The summed E-state index contributed by atoms with van der Waals surface area (Å²) < 4.78 is 5.78. The summed E-state index contributed by atoms with van der Waals surface area (Å²) in [5, 5.41) is 11.7. The maximum Gasteiger partial charge on any atom is 0.270 e. The highest BCUT2D eigenvalue weighted by Gasteiger charge is 2.10. The van der Waals surface area contributed by atoms with E-state index >= 15 is 0 Å². The molecule has 0 N–H and O–H groups in total. The lowest BCUT2D eigenvalue weighted by Crippen LogP contribution is -1.87. The number of hydrogen-bond donors (Lipinski definition) is 0. The van der Waals surface area contributed by atoms with Crippen LogP contribution in [0.5, 0.6) is 0 Å². The Balaban J connectivity index is 1.53. The molecule has 4 rings (SSSR count). The van der Waals surface area contributed by atoms with Gasteiger partial charge in [0.05, 0.1) is 20.7 Å². The van der Waals surface area contributed by atoms with Crippen LogP contribution in [0.25, 0.3) is 28.6 Å². The average Bonchev–Trinajstić information content (AvgIpc) is 3.17. The number of rotatable bonds is 5. The van der Waals surface area contributed by atoms with E-state index in [2.05, 4.69) is 9.98 Å². The van der Waals surface area contributed by atoms with Gasteiger partial charge in [0.2, 0.25) is 5.89 Å². The number of oxazole rings is 1. The van der Waals surface area contributed by atoms with Crippen LogP contribution in [0.4, 0.5) is 11.4 Å².